The van der Waals surface area contributed by atoms with Gasteiger partial charge in [-0.2, -0.15) is 0 Å². The second-order valence-electron chi connectivity index (χ2n) is 10.5. The maximum absolute atomic E-state index is 4.89. The molecule has 0 bridgehead atoms. The summed E-state index contributed by atoms with van der Waals surface area (Å²) in [5, 5.41) is 0. The zero-order valence-electron chi connectivity index (χ0n) is 22.2. The maximum atomic E-state index is 4.89. The number of fused-ring (bicyclic) bond motifs is 9. The Morgan fingerprint density at radius 1 is 0.605 bits per heavy atom. The molecule has 0 saturated heterocycles. The molecule has 0 N–H and O–H groups in total. The summed E-state index contributed by atoms with van der Waals surface area (Å²) in [4.78, 5) is 14.5. The maximum Gasteiger partial charge on any atom is 0.178 e. The summed E-state index contributed by atoms with van der Waals surface area (Å²) in [6.07, 6.45) is 3.68. The van der Waals surface area contributed by atoms with Gasteiger partial charge in [-0.05, 0) is 72.2 Å². The fourth-order valence-corrected chi connectivity index (χ4v) is 6.47. The summed E-state index contributed by atoms with van der Waals surface area (Å²) in [6, 6.07) is 31.3. The largest absolute Gasteiger partial charge is 0.330 e. The van der Waals surface area contributed by atoms with Gasteiger partial charge in [-0.1, -0.05) is 84.9 Å². The van der Waals surface area contributed by atoms with Crippen molar-refractivity contribution in [2.75, 3.05) is 9.80 Å². The zero-order chi connectivity index (χ0) is 26.0. The second-order valence-corrected chi connectivity index (χ2v) is 10.5. The highest BCUT2D eigenvalue weighted by Crippen LogP contribution is 2.54. The van der Waals surface area contributed by atoms with E-state index in [4.69, 9.17) is 9.97 Å². The van der Waals surface area contributed by atoms with E-state index in [0.29, 0.717) is 0 Å². The van der Waals surface area contributed by atoms with Crippen molar-refractivity contribution in [2.45, 2.75) is 39.9 Å². The van der Waals surface area contributed by atoms with Crippen LogP contribution in [0.2, 0.25) is 0 Å². The second kappa shape index (κ2) is 8.56. The molecule has 0 amide bonds. The van der Waals surface area contributed by atoms with Gasteiger partial charge in [-0.3, -0.25) is 0 Å². The van der Waals surface area contributed by atoms with E-state index in [0.717, 1.165) is 11.6 Å². The quantitative estimate of drug-likeness (QED) is 0.242. The number of benzene rings is 4. The van der Waals surface area contributed by atoms with Crippen molar-refractivity contribution in [2.24, 2.45) is 0 Å². The van der Waals surface area contributed by atoms with Crippen molar-refractivity contribution in [1.29, 1.82) is 0 Å². The Morgan fingerprint density at radius 3 is 1.63 bits per heavy atom. The topological polar surface area (TPSA) is 32.3 Å². The Kier molecular flexibility index (Phi) is 5.12. The van der Waals surface area contributed by atoms with Crippen LogP contribution in [0, 0.1) is 6.92 Å². The molecule has 7 rings (SSSR count). The van der Waals surface area contributed by atoms with Gasteiger partial charge in [0.2, 0.25) is 0 Å². The number of aromatic nitrogens is 2. The Labute approximate surface area is 224 Å². The molecule has 5 aromatic rings. The minimum atomic E-state index is 0.0673. The molecule has 4 nitrogen and oxygen atoms in total. The minimum absolute atomic E-state index is 0.0673. The van der Waals surface area contributed by atoms with Crippen LogP contribution in [-0.4, -0.2) is 22.2 Å². The van der Waals surface area contributed by atoms with Crippen LogP contribution in [0.25, 0.3) is 44.5 Å². The number of hydrogen-bond donors (Lipinski definition) is 0. The Morgan fingerprint density at radius 2 is 1.08 bits per heavy atom. The number of anilines is 3. The molecule has 38 heavy (non-hydrogen) atoms. The lowest BCUT2D eigenvalue weighted by Crippen LogP contribution is -2.43. The molecule has 4 heteroatoms. The molecule has 0 radical (unpaired) electrons. The molecule has 0 spiro atoms. The third kappa shape index (κ3) is 3.16. The first kappa shape index (κ1) is 22.7. The van der Waals surface area contributed by atoms with Gasteiger partial charge in [0.1, 0.15) is 6.17 Å². The van der Waals surface area contributed by atoms with E-state index in [1.165, 1.54) is 55.8 Å². The highest BCUT2D eigenvalue weighted by molar-refractivity contribution is 6.07. The number of nitrogens with zero attached hydrogens (tertiary/aromatic N) is 4. The first-order valence-electron chi connectivity index (χ1n) is 13.4. The van der Waals surface area contributed by atoms with E-state index >= 15 is 0 Å². The Balaban J connectivity index is 1.62. The molecule has 4 aromatic carbocycles. The van der Waals surface area contributed by atoms with Crippen LogP contribution >= 0.6 is 0 Å². The number of aryl methyl sites for hydroxylation is 1. The van der Waals surface area contributed by atoms with E-state index in [9.17, 15) is 0 Å². The highest BCUT2D eigenvalue weighted by atomic mass is 15.5. The SMILES string of the molecule is Cc1ccc2c(c1N1c3nccnc3N(C(C)C)[C@@H]1C)-c1ccccc1-c1ccccc1-c1ccccc1-2. The van der Waals surface area contributed by atoms with E-state index in [2.05, 4.69) is 122 Å². The predicted molar refractivity (Wildman–Crippen MR) is 158 cm³/mol. The van der Waals surface area contributed by atoms with E-state index in [-0.39, 0.29) is 12.2 Å². The lowest BCUT2D eigenvalue weighted by molar-refractivity contribution is 0.601. The van der Waals surface area contributed by atoms with Gasteiger partial charge in [-0.25, -0.2) is 9.97 Å². The predicted octanol–water partition coefficient (Wildman–Crippen LogP) is 8.48. The first-order chi connectivity index (χ1) is 18.6. The molecule has 1 aliphatic heterocycles. The first-order valence-corrected chi connectivity index (χ1v) is 13.4. The lowest BCUT2D eigenvalue weighted by Gasteiger charge is -2.35. The van der Waals surface area contributed by atoms with Crippen LogP contribution < -0.4 is 9.80 Å². The van der Waals surface area contributed by atoms with E-state index in [1.807, 2.05) is 6.20 Å². The van der Waals surface area contributed by atoms with Gasteiger partial charge in [0, 0.05) is 24.0 Å². The average Bonchev–Trinajstić information content (AvgIpc) is 3.24. The molecule has 0 fully saturated rings. The van der Waals surface area contributed by atoms with Crippen LogP contribution in [0.1, 0.15) is 26.3 Å². The van der Waals surface area contributed by atoms with Gasteiger partial charge in [0.15, 0.2) is 11.6 Å². The number of hydrogen-bond acceptors (Lipinski definition) is 4. The van der Waals surface area contributed by atoms with Crippen LogP contribution in [0.4, 0.5) is 17.3 Å². The van der Waals surface area contributed by atoms with Crippen LogP contribution in [0.3, 0.4) is 0 Å². The van der Waals surface area contributed by atoms with Crippen LogP contribution in [0.15, 0.2) is 97.3 Å². The normalized spacial score (nSPS) is 15.2. The van der Waals surface area contributed by atoms with Crippen molar-refractivity contribution in [3.8, 4) is 44.5 Å². The van der Waals surface area contributed by atoms with E-state index < -0.39 is 0 Å². The minimum Gasteiger partial charge on any atom is -0.330 e. The lowest BCUT2D eigenvalue weighted by atomic mass is 9.79. The molecule has 186 valence electrons. The molecule has 1 atom stereocenters. The van der Waals surface area contributed by atoms with Gasteiger partial charge in [-0.15, -0.1) is 0 Å². The molecule has 1 aliphatic carbocycles. The van der Waals surface area contributed by atoms with Crippen LogP contribution in [0.5, 0.6) is 0 Å². The fraction of sp³-hybridized carbons (Fsp3) is 0.176. The Hall–Kier alpha value is -4.44. The summed E-state index contributed by atoms with van der Waals surface area (Å²) in [5.74, 6) is 1.86. The monoisotopic (exact) mass is 494 g/mol. The van der Waals surface area contributed by atoms with E-state index in [1.54, 1.807) is 6.20 Å². The third-order valence-corrected chi connectivity index (χ3v) is 8.01. The molecular weight excluding hydrogens is 464 g/mol. The number of rotatable bonds is 2. The summed E-state index contributed by atoms with van der Waals surface area (Å²) in [7, 11) is 0. The van der Waals surface area contributed by atoms with Gasteiger partial charge >= 0.3 is 0 Å². The molecule has 2 heterocycles. The molecule has 0 unspecified atom stereocenters. The summed E-state index contributed by atoms with van der Waals surface area (Å²) in [6.45, 7) is 8.94. The highest BCUT2D eigenvalue weighted by Gasteiger charge is 2.40. The van der Waals surface area contributed by atoms with Crippen molar-refractivity contribution >= 4 is 17.3 Å². The Bertz CT molecular complexity index is 1700. The third-order valence-electron chi connectivity index (χ3n) is 8.01. The summed E-state index contributed by atoms with van der Waals surface area (Å²) in [5.41, 5.74) is 12.4. The fourth-order valence-electron chi connectivity index (χ4n) is 6.47. The van der Waals surface area contributed by atoms with Gasteiger partial charge in [0.25, 0.3) is 0 Å². The molecule has 1 aromatic heterocycles. The van der Waals surface area contributed by atoms with Crippen molar-refractivity contribution in [3.05, 3.63) is 103 Å². The molecule has 0 saturated carbocycles. The van der Waals surface area contributed by atoms with Crippen molar-refractivity contribution in [3.63, 3.8) is 0 Å². The van der Waals surface area contributed by atoms with Gasteiger partial charge < -0.3 is 9.80 Å². The summed E-state index contributed by atoms with van der Waals surface area (Å²) < 4.78 is 0. The smallest absolute Gasteiger partial charge is 0.178 e. The molecule has 2 aliphatic rings. The standard InChI is InChI=1S/C34H30N4/c1-21(2)37-23(4)38(34-33(37)35-19-20-36-34)32-22(3)17-18-30-28-15-8-7-13-26(28)24-11-5-6-12-25(24)27-14-9-10-16-29(27)31(30)32/h5-21,23H,1-4H3/t23-/m0/s1. The summed E-state index contributed by atoms with van der Waals surface area (Å²) >= 11 is 0. The molecular formula is C34H30N4. The van der Waals surface area contributed by atoms with Crippen LogP contribution in [-0.2, 0) is 0 Å². The average molecular weight is 495 g/mol. The van der Waals surface area contributed by atoms with Crippen molar-refractivity contribution in [1.82, 2.24) is 9.97 Å². The van der Waals surface area contributed by atoms with Gasteiger partial charge in [0.05, 0.1) is 5.69 Å². The zero-order valence-corrected chi connectivity index (χ0v) is 22.2. The van der Waals surface area contributed by atoms with Crippen molar-refractivity contribution < 1.29 is 0 Å².